The van der Waals surface area contributed by atoms with E-state index in [1.54, 1.807) is 11.8 Å². The van der Waals surface area contributed by atoms with Crippen molar-refractivity contribution >= 4 is 5.91 Å². The van der Waals surface area contributed by atoms with Crippen LogP contribution in [0.5, 0.6) is 5.75 Å². The monoisotopic (exact) mass is 475 g/mol. The summed E-state index contributed by atoms with van der Waals surface area (Å²) in [6.07, 6.45) is -5.33. The third-order valence-corrected chi connectivity index (χ3v) is 5.95. The van der Waals surface area contributed by atoms with Crippen LogP contribution in [0.15, 0.2) is 48.5 Å². The Kier molecular flexibility index (Phi) is 5.70. The first-order valence-corrected chi connectivity index (χ1v) is 10.5. The molecule has 0 unspecified atom stereocenters. The zero-order chi connectivity index (χ0) is 23.9. The van der Waals surface area contributed by atoms with E-state index < -0.39 is 35.9 Å². The summed E-state index contributed by atoms with van der Waals surface area (Å²) < 4.78 is 57.1. The third kappa shape index (κ3) is 4.10. The molecule has 3 heterocycles. The van der Waals surface area contributed by atoms with E-state index in [2.05, 4.69) is 20.8 Å². The van der Waals surface area contributed by atoms with Gasteiger partial charge in [0.05, 0.1) is 31.9 Å². The van der Waals surface area contributed by atoms with Crippen LogP contribution in [0.25, 0.3) is 11.4 Å². The molecule has 1 amide bonds. The number of benzene rings is 2. The number of aromatic nitrogens is 4. The van der Waals surface area contributed by atoms with Crippen LogP contribution in [0, 0.1) is 0 Å². The zero-order valence-electron chi connectivity index (χ0n) is 17.9. The quantitative estimate of drug-likeness (QED) is 0.605. The molecule has 2 aliphatic heterocycles. The molecular weight excluding hydrogens is 455 g/mol. The summed E-state index contributed by atoms with van der Waals surface area (Å²) in [5, 5.41) is 14.9. The SMILES string of the molecule is COc1cccc(-c2nnnn2[C@H]2CO[C@H]3[C@@H]2OC[C@@H]3NC(=O)c2ccc(C(F)(F)F)cc2)c1. The number of carbonyl (C=O) groups is 1. The molecule has 0 aliphatic carbocycles. The fraction of sp³-hybridized carbons (Fsp3) is 0.364. The van der Waals surface area contributed by atoms with Gasteiger partial charge in [0.1, 0.15) is 24.0 Å². The van der Waals surface area contributed by atoms with Gasteiger partial charge >= 0.3 is 6.18 Å². The molecule has 2 saturated heterocycles. The van der Waals surface area contributed by atoms with Crippen LogP contribution in [0.4, 0.5) is 13.2 Å². The van der Waals surface area contributed by atoms with Crippen molar-refractivity contribution in [2.45, 2.75) is 30.5 Å². The summed E-state index contributed by atoms with van der Waals surface area (Å²) in [5.41, 5.74) is 0.0632. The van der Waals surface area contributed by atoms with Gasteiger partial charge in [0.25, 0.3) is 5.91 Å². The number of ether oxygens (including phenoxy) is 3. The highest BCUT2D eigenvalue weighted by atomic mass is 19.4. The van der Waals surface area contributed by atoms with E-state index in [4.69, 9.17) is 14.2 Å². The molecule has 3 aromatic rings. The fourth-order valence-electron chi connectivity index (χ4n) is 4.24. The highest BCUT2D eigenvalue weighted by Crippen LogP contribution is 2.36. The Morgan fingerprint density at radius 2 is 1.88 bits per heavy atom. The topological polar surface area (TPSA) is 100 Å². The number of methoxy groups -OCH3 is 1. The van der Waals surface area contributed by atoms with E-state index in [-0.39, 0.29) is 24.8 Å². The summed E-state index contributed by atoms with van der Waals surface area (Å²) in [4.78, 5) is 12.6. The van der Waals surface area contributed by atoms with Gasteiger partial charge in [0.15, 0.2) is 5.82 Å². The van der Waals surface area contributed by atoms with Crippen molar-refractivity contribution in [2.24, 2.45) is 0 Å². The summed E-state index contributed by atoms with van der Waals surface area (Å²) in [6, 6.07) is 10.6. The summed E-state index contributed by atoms with van der Waals surface area (Å²) in [5.74, 6) is 0.680. The number of hydrogen-bond donors (Lipinski definition) is 1. The maximum atomic E-state index is 12.8. The first kappa shape index (κ1) is 22.3. The van der Waals surface area contributed by atoms with Crippen molar-refractivity contribution in [1.29, 1.82) is 0 Å². The Labute approximate surface area is 191 Å². The van der Waals surface area contributed by atoms with Gasteiger partial charge in [-0.05, 0) is 46.8 Å². The standard InChI is InChI=1S/C22H20F3N5O4/c1-32-15-4-2-3-13(9-15)20-27-28-29-30(20)17-11-34-18-16(10-33-19(17)18)26-21(31)12-5-7-14(8-6-12)22(23,24)25/h2-9,16-19H,10-11H2,1H3,(H,26,31)/t16-,17-,18+,19+/m0/s1. The summed E-state index contributed by atoms with van der Waals surface area (Å²) in [7, 11) is 1.57. The number of nitrogens with zero attached hydrogens (tertiary/aromatic N) is 4. The molecule has 2 aliphatic rings. The second-order valence-corrected chi connectivity index (χ2v) is 8.00. The minimum Gasteiger partial charge on any atom is -0.497 e. The van der Waals surface area contributed by atoms with Gasteiger partial charge in [-0.2, -0.15) is 13.2 Å². The van der Waals surface area contributed by atoms with Crippen LogP contribution in [-0.4, -0.2) is 64.7 Å². The number of halogens is 3. The van der Waals surface area contributed by atoms with E-state index in [9.17, 15) is 18.0 Å². The second kappa shape index (κ2) is 8.69. The molecular formula is C22H20F3N5O4. The average molecular weight is 475 g/mol. The van der Waals surface area contributed by atoms with Crippen molar-refractivity contribution in [3.05, 3.63) is 59.7 Å². The Balaban J connectivity index is 1.29. The molecule has 2 aromatic carbocycles. The van der Waals surface area contributed by atoms with Crippen LogP contribution in [0.1, 0.15) is 22.0 Å². The van der Waals surface area contributed by atoms with Crippen LogP contribution in [0.2, 0.25) is 0 Å². The second-order valence-electron chi connectivity index (χ2n) is 8.00. The zero-order valence-corrected chi connectivity index (χ0v) is 17.9. The van der Waals surface area contributed by atoms with Crippen molar-refractivity contribution < 1.29 is 32.2 Å². The Morgan fingerprint density at radius 1 is 1.12 bits per heavy atom. The van der Waals surface area contributed by atoms with Crippen molar-refractivity contribution in [2.75, 3.05) is 20.3 Å². The molecule has 0 radical (unpaired) electrons. The number of carbonyl (C=O) groups excluding carboxylic acids is 1. The smallest absolute Gasteiger partial charge is 0.416 e. The average Bonchev–Trinajstić information content (AvgIpc) is 3.56. The first-order valence-electron chi connectivity index (χ1n) is 10.5. The predicted octanol–water partition coefficient (Wildman–Crippen LogP) is 2.50. The van der Waals surface area contributed by atoms with Crippen molar-refractivity contribution in [3.8, 4) is 17.1 Å². The highest BCUT2D eigenvalue weighted by Gasteiger charge is 2.50. The predicted molar refractivity (Wildman–Crippen MR) is 111 cm³/mol. The van der Waals surface area contributed by atoms with Gasteiger partial charge < -0.3 is 19.5 Å². The minimum absolute atomic E-state index is 0.117. The molecule has 1 aromatic heterocycles. The number of alkyl halides is 3. The van der Waals surface area contributed by atoms with E-state index in [1.807, 2.05) is 24.3 Å². The van der Waals surface area contributed by atoms with E-state index in [1.165, 1.54) is 0 Å². The molecule has 0 spiro atoms. The van der Waals surface area contributed by atoms with E-state index in [0.717, 1.165) is 29.8 Å². The molecule has 4 atom stereocenters. The van der Waals surface area contributed by atoms with Gasteiger partial charge in [-0.3, -0.25) is 4.79 Å². The number of rotatable bonds is 5. The lowest BCUT2D eigenvalue weighted by Gasteiger charge is -2.18. The van der Waals surface area contributed by atoms with Gasteiger partial charge in [0, 0.05) is 11.1 Å². The van der Waals surface area contributed by atoms with Crippen LogP contribution >= 0.6 is 0 Å². The van der Waals surface area contributed by atoms with Gasteiger partial charge in [-0.15, -0.1) is 5.10 Å². The lowest BCUT2D eigenvalue weighted by atomic mass is 10.0. The molecule has 0 bridgehead atoms. The highest BCUT2D eigenvalue weighted by molar-refractivity contribution is 5.94. The van der Waals surface area contributed by atoms with Crippen molar-refractivity contribution in [3.63, 3.8) is 0 Å². The molecule has 1 N–H and O–H groups in total. The molecule has 2 fully saturated rings. The van der Waals surface area contributed by atoms with E-state index in [0.29, 0.717) is 11.6 Å². The Morgan fingerprint density at radius 3 is 2.62 bits per heavy atom. The van der Waals surface area contributed by atoms with Gasteiger partial charge in [-0.25, -0.2) is 4.68 Å². The van der Waals surface area contributed by atoms with E-state index >= 15 is 0 Å². The van der Waals surface area contributed by atoms with Crippen LogP contribution < -0.4 is 10.1 Å². The molecule has 9 nitrogen and oxygen atoms in total. The third-order valence-electron chi connectivity index (χ3n) is 5.95. The van der Waals surface area contributed by atoms with Crippen LogP contribution in [-0.2, 0) is 15.7 Å². The molecule has 0 saturated carbocycles. The largest absolute Gasteiger partial charge is 0.497 e. The fourth-order valence-corrected chi connectivity index (χ4v) is 4.24. The molecule has 178 valence electrons. The lowest BCUT2D eigenvalue weighted by molar-refractivity contribution is -0.137. The molecule has 5 rings (SSSR count). The summed E-state index contributed by atoms with van der Waals surface area (Å²) >= 11 is 0. The number of nitrogens with one attached hydrogen (secondary N) is 1. The Hall–Kier alpha value is -3.51. The first-order chi connectivity index (χ1) is 16.3. The molecule has 12 heteroatoms. The molecule has 34 heavy (non-hydrogen) atoms. The Bertz CT molecular complexity index is 1180. The number of fused-ring (bicyclic) bond motifs is 1. The minimum atomic E-state index is -4.46. The van der Waals surface area contributed by atoms with Gasteiger partial charge in [-0.1, -0.05) is 12.1 Å². The number of hydrogen-bond acceptors (Lipinski definition) is 7. The maximum Gasteiger partial charge on any atom is 0.416 e. The normalized spacial score (nSPS) is 24.1. The van der Waals surface area contributed by atoms with Gasteiger partial charge in [0.2, 0.25) is 0 Å². The summed E-state index contributed by atoms with van der Waals surface area (Å²) in [6.45, 7) is 0.457. The number of tetrazole rings is 1. The van der Waals surface area contributed by atoms with Crippen molar-refractivity contribution in [1.82, 2.24) is 25.5 Å². The maximum absolute atomic E-state index is 12.8. The number of amides is 1. The lowest BCUT2D eigenvalue weighted by Crippen LogP contribution is -2.44. The van der Waals surface area contributed by atoms with Crippen LogP contribution in [0.3, 0.4) is 0 Å².